The number of likely N-dealkylation sites (tertiary alicyclic amines) is 1. The Morgan fingerprint density at radius 1 is 1.05 bits per heavy atom. The Labute approximate surface area is 219 Å². The number of hydrogen-bond acceptors (Lipinski definition) is 7. The Morgan fingerprint density at radius 3 is 2.30 bits per heavy atom. The molecule has 1 saturated heterocycles. The number of methoxy groups -OCH3 is 3. The predicted molar refractivity (Wildman–Crippen MR) is 145 cm³/mol. The number of aromatic nitrogens is 2. The summed E-state index contributed by atoms with van der Waals surface area (Å²) in [6.45, 7) is 8.46. The van der Waals surface area contributed by atoms with E-state index in [1.807, 2.05) is 29.2 Å². The van der Waals surface area contributed by atoms with E-state index in [4.69, 9.17) is 19.2 Å². The van der Waals surface area contributed by atoms with Gasteiger partial charge >= 0.3 is 0 Å². The number of carbonyl (C=O) groups excluding carboxylic acids is 1. The molecule has 3 aromatic rings. The molecule has 0 saturated carbocycles. The van der Waals surface area contributed by atoms with E-state index in [2.05, 4.69) is 42.8 Å². The molecule has 1 aromatic heterocycles. The number of hydrogen-bond donors (Lipinski definition) is 0. The second-order valence-electron chi connectivity index (χ2n) is 9.40. The molecule has 4 rings (SSSR count). The van der Waals surface area contributed by atoms with Gasteiger partial charge in [0.2, 0.25) is 5.75 Å². The Morgan fingerprint density at radius 2 is 1.73 bits per heavy atom. The van der Waals surface area contributed by atoms with Crippen molar-refractivity contribution in [2.75, 3.05) is 45.9 Å². The summed E-state index contributed by atoms with van der Waals surface area (Å²) >= 11 is 0. The summed E-state index contributed by atoms with van der Waals surface area (Å²) in [7, 11) is 4.72. The molecule has 2 heterocycles. The van der Waals surface area contributed by atoms with E-state index in [0.717, 1.165) is 37.2 Å². The average Bonchev–Trinajstić information content (AvgIpc) is 2.92. The molecule has 1 aliphatic rings. The van der Waals surface area contributed by atoms with E-state index < -0.39 is 0 Å². The fourth-order valence-corrected chi connectivity index (χ4v) is 4.71. The summed E-state index contributed by atoms with van der Waals surface area (Å²) < 4.78 is 16.6. The first-order valence-corrected chi connectivity index (χ1v) is 12.7. The third-order valence-electron chi connectivity index (χ3n) is 6.88. The van der Waals surface area contributed by atoms with Crippen molar-refractivity contribution in [3.63, 3.8) is 0 Å². The number of carbonyl (C=O) groups is 1. The van der Waals surface area contributed by atoms with E-state index in [-0.39, 0.29) is 5.91 Å². The zero-order valence-corrected chi connectivity index (χ0v) is 22.6. The molecule has 1 fully saturated rings. The van der Waals surface area contributed by atoms with Crippen LogP contribution in [0.3, 0.4) is 0 Å². The van der Waals surface area contributed by atoms with Gasteiger partial charge in [0.05, 0.1) is 21.3 Å². The van der Waals surface area contributed by atoms with Crippen molar-refractivity contribution in [1.82, 2.24) is 14.9 Å². The summed E-state index contributed by atoms with van der Waals surface area (Å²) in [5.74, 6) is 3.15. The van der Waals surface area contributed by atoms with Crippen molar-refractivity contribution in [2.45, 2.75) is 33.6 Å². The molecule has 0 atom stereocenters. The lowest BCUT2D eigenvalue weighted by atomic mass is 9.99. The molecule has 0 radical (unpaired) electrons. The maximum Gasteiger partial charge on any atom is 0.259 e. The number of anilines is 2. The van der Waals surface area contributed by atoms with Gasteiger partial charge in [0.25, 0.3) is 5.91 Å². The predicted octanol–water partition coefficient (Wildman–Crippen LogP) is 5.51. The molecule has 0 unspecified atom stereocenters. The van der Waals surface area contributed by atoms with Gasteiger partial charge in [-0.1, -0.05) is 19.1 Å². The van der Waals surface area contributed by atoms with Gasteiger partial charge in [0.1, 0.15) is 11.4 Å². The number of piperidine rings is 1. The van der Waals surface area contributed by atoms with Crippen molar-refractivity contribution in [3.8, 4) is 28.6 Å². The lowest BCUT2D eigenvalue weighted by Gasteiger charge is -2.32. The van der Waals surface area contributed by atoms with E-state index in [1.165, 1.54) is 0 Å². The van der Waals surface area contributed by atoms with E-state index in [1.54, 1.807) is 27.5 Å². The largest absolute Gasteiger partial charge is 0.493 e. The third kappa shape index (κ3) is 5.48. The van der Waals surface area contributed by atoms with Crippen LogP contribution in [-0.4, -0.2) is 61.7 Å². The highest BCUT2D eigenvalue weighted by Crippen LogP contribution is 2.41. The maximum atomic E-state index is 13.7. The molecule has 1 aliphatic heterocycles. The minimum Gasteiger partial charge on any atom is -0.493 e. The molecular formula is C29H36N4O4. The van der Waals surface area contributed by atoms with Gasteiger partial charge in [-0.25, -0.2) is 9.97 Å². The third-order valence-corrected chi connectivity index (χ3v) is 6.88. The maximum absolute atomic E-state index is 13.7. The second kappa shape index (κ2) is 11.5. The van der Waals surface area contributed by atoms with Gasteiger partial charge in [-0.3, -0.25) is 4.79 Å². The fourth-order valence-electron chi connectivity index (χ4n) is 4.71. The molecule has 8 heteroatoms. The van der Waals surface area contributed by atoms with Gasteiger partial charge in [-0.05, 0) is 62.4 Å². The van der Waals surface area contributed by atoms with E-state index in [0.29, 0.717) is 52.5 Å². The smallest absolute Gasteiger partial charge is 0.259 e. The van der Waals surface area contributed by atoms with Crippen LogP contribution in [-0.2, 0) is 0 Å². The first-order valence-electron chi connectivity index (χ1n) is 12.7. The Hall–Kier alpha value is -3.81. The molecule has 0 spiro atoms. The molecule has 2 aromatic carbocycles. The number of nitrogens with zero attached hydrogens (tertiary/aromatic N) is 4. The summed E-state index contributed by atoms with van der Waals surface area (Å²) in [6, 6.07) is 11.8. The first kappa shape index (κ1) is 26.3. The topological polar surface area (TPSA) is 77.0 Å². The van der Waals surface area contributed by atoms with Crippen LogP contribution in [0.1, 0.15) is 42.6 Å². The molecule has 0 N–H and O–H groups in total. The van der Waals surface area contributed by atoms with Crippen LogP contribution in [0, 0.1) is 12.8 Å². The van der Waals surface area contributed by atoms with Crippen LogP contribution in [0.5, 0.6) is 17.2 Å². The number of ether oxygens (including phenoxy) is 3. The molecule has 196 valence electrons. The molecule has 8 nitrogen and oxygen atoms in total. The monoisotopic (exact) mass is 504 g/mol. The number of rotatable bonds is 8. The van der Waals surface area contributed by atoms with Gasteiger partial charge < -0.3 is 24.0 Å². The summed E-state index contributed by atoms with van der Waals surface area (Å²) in [4.78, 5) is 27.3. The molecular weight excluding hydrogens is 468 g/mol. The summed E-state index contributed by atoms with van der Waals surface area (Å²) in [6.07, 6.45) is 3.65. The number of benzene rings is 2. The van der Waals surface area contributed by atoms with Crippen LogP contribution in [0.25, 0.3) is 11.4 Å². The van der Waals surface area contributed by atoms with E-state index in [9.17, 15) is 4.79 Å². The summed E-state index contributed by atoms with van der Waals surface area (Å²) in [5.41, 5.74) is 3.29. The highest BCUT2D eigenvalue weighted by molar-refractivity contribution is 5.99. The molecule has 1 amide bonds. The second-order valence-corrected chi connectivity index (χ2v) is 9.40. The van der Waals surface area contributed by atoms with Crippen molar-refractivity contribution in [3.05, 3.63) is 53.7 Å². The van der Waals surface area contributed by atoms with Crippen molar-refractivity contribution in [2.24, 2.45) is 5.92 Å². The van der Waals surface area contributed by atoms with Crippen LogP contribution >= 0.6 is 0 Å². The average molecular weight is 505 g/mol. The summed E-state index contributed by atoms with van der Waals surface area (Å²) in [5, 5.41) is 0. The molecule has 0 bridgehead atoms. The fraction of sp³-hybridized carbons (Fsp3) is 0.414. The lowest BCUT2D eigenvalue weighted by molar-refractivity contribution is 0.0697. The van der Waals surface area contributed by atoms with Crippen molar-refractivity contribution < 1.29 is 19.0 Å². The van der Waals surface area contributed by atoms with Crippen molar-refractivity contribution >= 4 is 17.4 Å². The Bertz CT molecular complexity index is 1230. The first-order chi connectivity index (χ1) is 17.9. The zero-order valence-electron chi connectivity index (χ0n) is 22.6. The van der Waals surface area contributed by atoms with Crippen molar-refractivity contribution in [1.29, 1.82) is 0 Å². The van der Waals surface area contributed by atoms with Gasteiger partial charge in [0.15, 0.2) is 17.3 Å². The SMILES string of the molecule is CCN(c1cccc(C)c1)c1nc(-c2cc(OC)c(OC)c(OC)c2)ncc1C(=O)N1CCC(C)CC1. The standard InChI is InChI=1S/C29H36N4O4/c1-7-33(22-10-8-9-20(3)15-22)28-23(29(34)32-13-11-19(2)12-14-32)18-30-27(31-28)21-16-24(35-4)26(37-6)25(17-21)36-5/h8-10,15-19H,7,11-14H2,1-6H3. The number of aryl methyl sites for hydroxylation is 1. The molecule has 37 heavy (non-hydrogen) atoms. The minimum atomic E-state index is -0.0376. The Balaban J connectivity index is 1.85. The normalized spacial score (nSPS) is 13.8. The van der Waals surface area contributed by atoms with Gasteiger partial charge in [-0.2, -0.15) is 0 Å². The lowest BCUT2D eigenvalue weighted by Crippen LogP contribution is -2.38. The quantitative estimate of drug-likeness (QED) is 0.400. The minimum absolute atomic E-state index is 0.0376. The van der Waals surface area contributed by atoms with Gasteiger partial charge in [0, 0.05) is 37.1 Å². The highest BCUT2D eigenvalue weighted by Gasteiger charge is 2.27. The molecule has 0 aliphatic carbocycles. The zero-order chi connectivity index (χ0) is 26.5. The highest BCUT2D eigenvalue weighted by atomic mass is 16.5. The van der Waals surface area contributed by atoms with Crippen LogP contribution in [0.4, 0.5) is 11.5 Å². The van der Waals surface area contributed by atoms with Crippen LogP contribution < -0.4 is 19.1 Å². The Kier molecular flexibility index (Phi) is 8.16. The van der Waals surface area contributed by atoms with E-state index >= 15 is 0 Å². The van der Waals surface area contributed by atoms with Gasteiger partial charge in [-0.15, -0.1) is 0 Å². The van der Waals surface area contributed by atoms with Crippen LogP contribution in [0.15, 0.2) is 42.6 Å². The number of amides is 1. The van der Waals surface area contributed by atoms with Crippen LogP contribution in [0.2, 0.25) is 0 Å².